The molecule has 0 aromatic heterocycles. The number of unbranched alkanes of at least 4 members (excludes halogenated alkanes) is 1. The van der Waals surface area contributed by atoms with Crippen LogP contribution in [-0.2, 0) is 6.54 Å². The van der Waals surface area contributed by atoms with E-state index < -0.39 is 0 Å². The summed E-state index contributed by atoms with van der Waals surface area (Å²) in [5, 5.41) is 3.84. The van der Waals surface area contributed by atoms with E-state index >= 15 is 0 Å². The van der Waals surface area contributed by atoms with Gasteiger partial charge in [0.25, 0.3) is 0 Å². The zero-order valence-corrected chi connectivity index (χ0v) is 11.9. The van der Waals surface area contributed by atoms with E-state index in [0.29, 0.717) is 6.04 Å². The molecule has 1 fully saturated rings. The maximum atomic E-state index is 3.84. The molecule has 0 unspecified atom stereocenters. The van der Waals surface area contributed by atoms with Crippen LogP contribution in [0.3, 0.4) is 0 Å². The number of allylic oxidation sites excluding steroid dienone is 1. The van der Waals surface area contributed by atoms with Crippen LogP contribution in [0.25, 0.3) is 0 Å². The topological polar surface area (TPSA) is 12.0 Å². The van der Waals surface area contributed by atoms with Crippen molar-refractivity contribution in [2.75, 3.05) is 0 Å². The van der Waals surface area contributed by atoms with Gasteiger partial charge in [-0.3, -0.25) is 0 Å². The zero-order valence-electron chi connectivity index (χ0n) is 11.9. The predicted molar refractivity (Wildman–Crippen MR) is 80.8 cm³/mol. The molecule has 0 aliphatic heterocycles. The lowest BCUT2D eigenvalue weighted by molar-refractivity contribution is 0.305. The van der Waals surface area contributed by atoms with Crippen molar-refractivity contribution in [1.82, 2.24) is 5.32 Å². The summed E-state index contributed by atoms with van der Waals surface area (Å²) >= 11 is 0. The molecule has 1 saturated carbocycles. The van der Waals surface area contributed by atoms with Gasteiger partial charge in [0.05, 0.1) is 0 Å². The standard InChI is InChI=1S/C18H25N/c1-2-3-9-17-15-10-11-16(12-15)18(17)19-13-14-7-5-4-6-8-14/h4-8,10-11,15-19H,2-3,9,12-13H2,1H3/t15-,16+,17+,18+/m0/s1. The Labute approximate surface area is 117 Å². The maximum absolute atomic E-state index is 3.84. The first kappa shape index (κ1) is 12.9. The molecule has 0 amide bonds. The first-order chi connectivity index (χ1) is 9.38. The minimum Gasteiger partial charge on any atom is -0.309 e. The summed E-state index contributed by atoms with van der Waals surface area (Å²) in [4.78, 5) is 0. The monoisotopic (exact) mass is 255 g/mol. The fourth-order valence-corrected chi connectivity index (χ4v) is 3.89. The van der Waals surface area contributed by atoms with Crippen molar-refractivity contribution in [3.63, 3.8) is 0 Å². The molecule has 1 nitrogen and oxygen atoms in total. The summed E-state index contributed by atoms with van der Waals surface area (Å²) in [6.45, 7) is 3.32. The third kappa shape index (κ3) is 2.76. The van der Waals surface area contributed by atoms with Crippen LogP contribution < -0.4 is 5.32 Å². The maximum Gasteiger partial charge on any atom is 0.0208 e. The van der Waals surface area contributed by atoms with Crippen LogP contribution in [0.15, 0.2) is 42.5 Å². The van der Waals surface area contributed by atoms with Gasteiger partial charge in [-0.2, -0.15) is 0 Å². The van der Waals surface area contributed by atoms with Crippen molar-refractivity contribution >= 4 is 0 Å². The van der Waals surface area contributed by atoms with Crippen molar-refractivity contribution < 1.29 is 0 Å². The number of rotatable bonds is 6. The van der Waals surface area contributed by atoms with Crippen LogP contribution in [0.2, 0.25) is 0 Å². The number of hydrogen-bond acceptors (Lipinski definition) is 1. The highest BCUT2D eigenvalue weighted by molar-refractivity contribution is 5.18. The molecule has 0 spiro atoms. The lowest BCUT2D eigenvalue weighted by atomic mass is 9.85. The zero-order chi connectivity index (χ0) is 13.1. The predicted octanol–water partition coefficient (Wildman–Crippen LogP) is 4.16. The average molecular weight is 255 g/mol. The number of hydrogen-bond donors (Lipinski definition) is 1. The molecular weight excluding hydrogens is 230 g/mol. The molecule has 2 aliphatic carbocycles. The second kappa shape index (κ2) is 5.92. The van der Waals surface area contributed by atoms with E-state index in [9.17, 15) is 0 Å². The molecule has 1 aromatic carbocycles. The number of fused-ring (bicyclic) bond motifs is 2. The van der Waals surface area contributed by atoms with Crippen molar-refractivity contribution in [2.24, 2.45) is 17.8 Å². The minimum absolute atomic E-state index is 0.710. The van der Waals surface area contributed by atoms with Gasteiger partial charge in [0.1, 0.15) is 0 Å². The second-order valence-electron chi connectivity index (χ2n) is 6.15. The van der Waals surface area contributed by atoms with E-state index in [2.05, 4.69) is 54.7 Å². The Balaban J connectivity index is 1.61. The van der Waals surface area contributed by atoms with Gasteiger partial charge in [0, 0.05) is 12.6 Å². The molecule has 1 heteroatoms. The molecule has 19 heavy (non-hydrogen) atoms. The highest BCUT2D eigenvalue weighted by atomic mass is 14.9. The summed E-state index contributed by atoms with van der Waals surface area (Å²) < 4.78 is 0. The number of nitrogens with one attached hydrogen (secondary N) is 1. The van der Waals surface area contributed by atoms with Crippen LogP contribution in [-0.4, -0.2) is 6.04 Å². The average Bonchev–Trinajstić information content (AvgIpc) is 3.05. The van der Waals surface area contributed by atoms with Gasteiger partial charge >= 0.3 is 0 Å². The van der Waals surface area contributed by atoms with E-state index in [1.807, 2.05) is 0 Å². The van der Waals surface area contributed by atoms with Gasteiger partial charge in [0.15, 0.2) is 0 Å². The van der Waals surface area contributed by atoms with Crippen LogP contribution in [0.1, 0.15) is 38.2 Å². The minimum atomic E-state index is 0.710. The molecule has 0 radical (unpaired) electrons. The van der Waals surface area contributed by atoms with Crippen LogP contribution in [0.5, 0.6) is 0 Å². The van der Waals surface area contributed by atoms with Crippen molar-refractivity contribution in [1.29, 1.82) is 0 Å². The van der Waals surface area contributed by atoms with Gasteiger partial charge in [-0.25, -0.2) is 0 Å². The first-order valence-corrected chi connectivity index (χ1v) is 7.84. The molecule has 1 aromatic rings. The summed E-state index contributed by atoms with van der Waals surface area (Å²) in [6, 6.07) is 11.5. The molecule has 2 bridgehead atoms. The summed E-state index contributed by atoms with van der Waals surface area (Å²) in [7, 11) is 0. The lowest BCUT2D eigenvalue weighted by Gasteiger charge is -2.29. The summed E-state index contributed by atoms with van der Waals surface area (Å²) in [5.74, 6) is 2.51. The van der Waals surface area contributed by atoms with Crippen LogP contribution in [0, 0.1) is 17.8 Å². The summed E-state index contributed by atoms with van der Waals surface area (Å²) in [5.41, 5.74) is 1.41. The van der Waals surface area contributed by atoms with Gasteiger partial charge in [-0.1, -0.05) is 62.2 Å². The second-order valence-corrected chi connectivity index (χ2v) is 6.15. The largest absolute Gasteiger partial charge is 0.309 e. The third-order valence-corrected chi connectivity index (χ3v) is 4.90. The van der Waals surface area contributed by atoms with Gasteiger partial charge in [0.2, 0.25) is 0 Å². The molecular formula is C18H25N. The Morgan fingerprint density at radius 2 is 1.89 bits per heavy atom. The van der Waals surface area contributed by atoms with Gasteiger partial charge in [-0.15, -0.1) is 0 Å². The van der Waals surface area contributed by atoms with E-state index in [-0.39, 0.29) is 0 Å². The molecule has 0 saturated heterocycles. The molecule has 3 rings (SSSR count). The van der Waals surface area contributed by atoms with Crippen LogP contribution in [0.4, 0.5) is 0 Å². The molecule has 0 heterocycles. The summed E-state index contributed by atoms with van der Waals surface area (Å²) in [6.07, 6.45) is 10.4. The molecule has 1 N–H and O–H groups in total. The molecule has 4 atom stereocenters. The van der Waals surface area contributed by atoms with Gasteiger partial charge < -0.3 is 5.32 Å². The van der Waals surface area contributed by atoms with Crippen molar-refractivity contribution in [3.8, 4) is 0 Å². The Hall–Kier alpha value is -1.08. The third-order valence-electron chi connectivity index (χ3n) is 4.90. The first-order valence-electron chi connectivity index (χ1n) is 7.84. The van der Waals surface area contributed by atoms with E-state index in [1.54, 1.807) is 0 Å². The van der Waals surface area contributed by atoms with Crippen molar-refractivity contribution in [2.45, 2.75) is 45.2 Å². The smallest absolute Gasteiger partial charge is 0.0208 e. The van der Waals surface area contributed by atoms with Gasteiger partial charge in [-0.05, 0) is 36.2 Å². The van der Waals surface area contributed by atoms with E-state index in [4.69, 9.17) is 0 Å². The molecule has 2 aliphatic rings. The Bertz CT molecular complexity index is 423. The van der Waals surface area contributed by atoms with Crippen LogP contribution >= 0.6 is 0 Å². The van der Waals surface area contributed by atoms with E-state index in [0.717, 1.165) is 24.3 Å². The molecule has 102 valence electrons. The normalized spacial score (nSPS) is 32.1. The SMILES string of the molecule is CCCC[C@H]1[C@H](NCc2ccccc2)[C@@H]2C=C[C@H]1C2. The Morgan fingerprint density at radius 1 is 1.11 bits per heavy atom. The highest BCUT2D eigenvalue weighted by Crippen LogP contribution is 2.45. The quantitative estimate of drug-likeness (QED) is 0.753. The Morgan fingerprint density at radius 3 is 2.68 bits per heavy atom. The van der Waals surface area contributed by atoms with Crippen molar-refractivity contribution in [3.05, 3.63) is 48.0 Å². The highest BCUT2D eigenvalue weighted by Gasteiger charge is 2.43. The fourth-order valence-electron chi connectivity index (χ4n) is 3.89. The fraction of sp³-hybridized carbons (Fsp3) is 0.556. The van der Waals surface area contributed by atoms with E-state index in [1.165, 1.54) is 31.2 Å². The number of benzene rings is 1. The Kier molecular flexibility index (Phi) is 4.03. The lowest BCUT2D eigenvalue weighted by Crippen LogP contribution is -2.38.